The molecule has 0 aliphatic heterocycles. The van der Waals surface area contributed by atoms with Crippen molar-refractivity contribution in [3.05, 3.63) is 55.6 Å². The molecular formula is C14H13Cl2N5OS2. The first kappa shape index (κ1) is 18.6. The Balaban J connectivity index is 0.000000198. The van der Waals surface area contributed by atoms with Crippen LogP contribution in [0.1, 0.15) is 22.3 Å². The van der Waals surface area contributed by atoms with Gasteiger partial charge in [-0.25, -0.2) is 15.4 Å². The molecule has 0 saturated carbocycles. The number of nitrogens with zero attached hydrogens (tertiary/aromatic N) is 4. The molecule has 0 fully saturated rings. The van der Waals surface area contributed by atoms with Gasteiger partial charge < -0.3 is 4.57 Å². The Morgan fingerprint density at radius 1 is 1.46 bits per heavy atom. The summed E-state index contributed by atoms with van der Waals surface area (Å²) in [5.74, 6) is -0.288. The van der Waals surface area contributed by atoms with Crippen molar-refractivity contribution in [2.24, 2.45) is 5.10 Å². The summed E-state index contributed by atoms with van der Waals surface area (Å²) in [6.45, 7) is 2.78. The van der Waals surface area contributed by atoms with Gasteiger partial charge in [0.1, 0.15) is 10.8 Å². The molecule has 6 nitrogen and oxygen atoms in total. The van der Waals surface area contributed by atoms with Gasteiger partial charge in [-0.1, -0.05) is 29.3 Å². The van der Waals surface area contributed by atoms with E-state index in [-0.39, 0.29) is 5.91 Å². The summed E-state index contributed by atoms with van der Waals surface area (Å²) in [5, 5.41) is 8.33. The van der Waals surface area contributed by atoms with E-state index in [2.05, 4.69) is 20.5 Å². The zero-order valence-electron chi connectivity index (χ0n) is 12.5. The minimum absolute atomic E-state index is 0.288. The van der Waals surface area contributed by atoms with Gasteiger partial charge in [0.2, 0.25) is 0 Å². The van der Waals surface area contributed by atoms with E-state index >= 15 is 0 Å². The van der Waals surface area contributed by atoms with Crippen molar-refractivity contribution >= 4 is 58.0 Å². The third-order valence-electron chi connectivity index (χ3n) is 2.64. The lowest BCUT2D eigenvalue weighted by atomic mass is 10.5. The predicted molar refractivity (Wildman–Crippen MR) is 99.4 cm³/mol. The quantitative estimate of drug-likeness (QED) is 0.526. The molecule has 0 aliphatic carbocycles. The van der Waals surface area contributed by atoms with Gasteiger partial charge in [0.05, 0.1) is 18.1 Å². The lowest BCUT2D eigenvalue weighted by molar-refractivity contribution is 0.0951. The summed E-state index contributed by atoms with van der Waals surface area (Å²) in [6.07, 6.45) is 3.22. The minimum atomic E-state index is -0.288. The first-order chi connectivity index (χ1) is 11.6. The van der Waals surface area contributed by atoms with Crippen LogP contribution in [0.3, 0.4) is 0 Å². The third-order valence-corrected chi connectivity index (χ3v) is 4.80. The number of hydrogen-bond donors (Lipinski definition) is 1. The monoisotopic (exact) mass is 401 g/mol. The Bertz CT molecular complexity index is 784. The van der Waals surface area contributed by atoms with Gasteiger partial charge >= 0.3 is 0 Å². The van der Waals surface area contributed by atoms with E-state index < -0.39 is 0 Å². The molecule has 1 N–H and O–H groups in total. The fraction of sp³-hybridized carbons (Fsp3) is 0.143. The Morgan fingerprint density at radius 3 is 2.79 bits per heavy atom. The van der Waals surface area contributed by atoms with Gasteiger partial charge in [-0.3, -0.25) is 4.79 Å². The minimum Gasteiger partial charge on any atom is -0.321 e. The van der Waals surface area contributed by atoms with Crippen LogP contribution in [0.4, 0.5) is 0 Å². The molecule has 3 rings (SSSR count). The molecule has 3 heterocycles. The summed E-state index contributed by atoms with van der Waals surface area (Å²) in [5.41, 5.74) is 4.41. The van der Waals surface area contributed by atoms with E-state index in [1.807, 2.05) is 24.4 Å². The number of carbonyl (C=O) groups is 1. The van der Waals surface area contributed by atoms with Crippen molar-refractivity contribution in [3.8, 4) is 0 Å². The SMILES string of the molecule is CCn1cnc(Cl)c1Cl.O=C(N/N=C/c1cccs1)c1cscn1. The van der Waals surface area contributed by atoms with Crippen LogP contribution in [-0.2, 0) is 6.54 Å². The van der Waals surface area contributed by atoms with E-state index in [9.17, 15) is 4.79 Å². The number of thiazole rings is 1. The number of thiophene rings is 1. The predicted octanol–water partition coefficient (Wildman–Crippen LogP) is 4.18. The maximum atomic E-state index is 11.4. The van der Waals surface area contributed by atoms with Crippen LogP contribution in [0.15, 0.2) is 39.8 Å². The maximum absolute atomic E-state index is 11.4. The van der Waals surface area contributed by atoms with Gasteiger partial charge in [0.15, 0.2) is 5.15 Å². The van der Waals surface area contributed by atoms with Crippen molar-refractivity contribution in [3.63, 3.8) is 0 Å². The van der Waals surface area contributed by atoms with Crippen molar-refractivity contribution in [2.75, 3.05) is 0 Å². The summed E-state index contributed by atoms with van der Waals surface area (Å²) >= 11 is 14.2. The fourth-order valence-corrected chi connectivity index (χ4v) is 2.95. The van der Waals surface area contributed by atoms with Crippen LogP contribution in [0, 0.1) is 0 Å². The molecule has 0 unspecified atom stereocenters. The molecule has 126 valence electrons. The van der Waals surface area contributed by atoms with Crippen LogP contribution in [0.2, 0.25) is 10.3 Å². The van der Waals surface area contributed by atoms with Crippen LogP contribution in [0.5, 0.6) is 0 Å². The molecule has 24 heavy (non-hydrogen) atoms. The van der Waals surface area contributed by atoms with Crippen LogP contribution >= 0.6 is 45.9 Å². The molecule has 0 saturated heterocycles. The van der Waals surface area contributed by atoms with Crippen LogP contribution in [-0.4, -0.2) is 26.7 Å². The van der Waals surface area contributed by atoms with Crippen molar-refractivity contribution in [1.82, 2.24) is 20.0 Å². The Hall–Kier alpha value is -1.74. The summed E-state index contributed by atoms with van der Waals surface area (Å²) < 4.78 is 1.77. The van der Waals surface area contributed by atoms with Gasteiger partial charge in [-0.15, -0.1) is 22.7 Å². The van der Waals surface area contributed by atoms with Crippen molar-refractivity contribution in [2.45, 2.75) is 13.5 Å². The molecular weight excluding hydrogens is 389 g/mol. The van der Waals surface area contributed by atoms with E-state index in [0.29, 0.717) is 16.0 Å². The lowest BCUT2D eigenvalue weighted by Gasteiger charge is -1.94. The molecule has 0 aliphatic rings. The highest BCUT2D eigenvalue weighted by atomic mass is 35.5. The van der Waals surface area contributed by atoms with Gasteiger partial charge in [-0.2, -0.15) is 5.10 Å². The van der Waals surface area contributed by atoms with Crippen molar-refractivity contribution in [1.29, 1.82) is 0 Å². The molecule has 1 amide bonds. The fourth-order valence-electron chi connectivity index (χ4n) is 1.46. The van der Waals surface area contributed by atoms with E-state index in [1.54, 1.807) is 39.3 Å². The van der Waals surface area contributed by atoms with Crippen LogP contribution < -0.4 is 5.43 Å². The highest BCUT2D eigenvalue weighted by molar-refractivity contribution is 7.11. The van der Waals surface area contributed by atoms with E-state index in [4.69, 9.17) is 23.2 Å². The average molecular weight is 402 g/mol. The second-order valence-corrected chi connectivity index (χ2v) is 6.61. The van der Waals surface area contributed by atoms with Crippen molar-refractivity contribution < 1.29 is 4.79 Å². The number of aryl methyl sites for hydroxylation is 1. The maximum Gasteiger partial charge on any atom is 0.290 e. The summed E-state index contributed by atoms with van der Waals surface area (Å²) in [6, 6.07) is 3.84. The third kappa shape index (κ3) is 5.41. The van der Waals surface area contributed by atoms with Gasteiger partial charge in [-0.05, 0) is 18.4 Å². The Labute approximate surface area is 156 Å². The number of rotatable bonds is 4. The molecule has 0 bridgehead atoms. The number of halogens is 2. The highest BCUT2D eigenvalue weighted by Crippen LogP contribution is 2.18. The smallest absolute Gasteiger partial charge is 0.290 e. The van der Waals surface area contributed by atoms with Gasteiger partial charge in [0, 0.05) is 16.8 Å². The lowest BCUT2D eigenvalue weighted by Crippen LogP contribution is -2.17. The molecule has 3 aromatic rings. The van der Waals surface area contributed by atoms with Gasteiger partial charge in [0.25, 0.3) is 5.91 Å². The van der Waals surface area contributed by atoms with E-state index in [0.717, 1.165) is 11.4 Å². The van der Waals surface area contributed by atoms with E-state index in [1.165, 1.54) is 11.3 Å². The number of imidazole rings is 1. The second-order valence-electron chi connectivity index (χ2n) is 4.20. The molecule has 0 aromatic carbocycles. The highest BCUT2D eigenvalue weighted by Gasteiger charge is 2.04. The number of nitrogens with one attached hydrogen (secondary N) is 1. The normalized spacial score (nSPS) is 10.5. The number of hydrazone groups is 1. The number of amides is 1. The zero-order valence-corrected chi connectivity index (χ0v) is 15.7. The second kappa shape index (κ2) is 9.53. The molecule has 0 radical (unpaired) electrons. The zero-order chi connectivity index (χ0) is 17.4. The standard InChI is InChI=1S/C9H7N3OS2.C5H6Cl2N2/c13-9(8-5-14-6-10-8)12-11-4-7-2-1-3-15-7;1-2-9-3-8-4(6)5(9)7/h1-6H,(H,12,13);3H,2H2,1H3/b11-4+;. The summed E-state index contributed by atoms with van der Waals surface area (Å²) in [7, 11) is 0. The molecule has 3 aromatic heterocycles. The molecule has 10 heteroatoms. The molecule has 0 atom stereocenters. The topological polar surface area (TPSA) is 72.2 Å². The number of carbonyl (C=O) groups excluding carboxylic acids is 1. The van der Waals surface area contributed by atoms with Crippen LogP contribution in [0.25, 0.3) is 0 Å². The molecule has 0 spiro atoms. The first-order valence-electron chi connectivity index (χ1n) is 6.73. The summed E-state index contributed by atoms with van der Waals surface area (Å²) in [4.78, 5) is 20.0. The first-order valence-corrected chi connectivity index (χ1v) is 9.30. The number of aromatic nitrogens is 3. The average Bonchev–Trinajstić information content (AvgIpc) is 3.32. The number of hydrogen-bond acceptors (Lipinski definition) is 6. The largest absolute Gasteiger partial charge is 0.321 e. The Kier molecular flexibility index (Phi) is 7.38. The Morgan fingerprint density at radius 2 is 2.29 bits per heavy atom.